The number of amides is 3. The highest BCUT2D eigenvalue weighted by atomic mass is 16.5. The molecule has 10 heteroatoms. The second-order valence-corrected chi connectivity index (χ2v) is 10.9. The number of carboxylic acids is 1. The Morgan fingerprint density at radius 2 is 1.77 bits per heavy atom. The van der Waals surface area contributed by atoms with Crippen LogP contribution in [0.2, 0.25) is 0 Å². The zero-order chi connectivity index (χ0) is 30.0. The molecule has 40 heavy (non-hydrogen) atoms. The zero-order valence-corrected chi connectivity index (χ0v) is 25.0. The lowest BCUT2D eigenvalue weighted by Crippen LogP contribution is -2.54. The third-order valence-corrected chi connectivity index (χ3v) is 8.30. The first-order valence-electron chi connectivity index (χ1n) is 14.1. The lowest BCUT2D eigenvalue weighted by Gasteiger charge is -2.39. The van der Waals surface area contributed by atoms with E-state index in [9.17, 15) is 24.3 Å². The van der Waals surface area contributed by atoms with E-state index in [1.807, 2.05) is 44.2 Å². The van der Waals surface area contributed by atoms with Gasteiger partial charge < -0.3 is 29.7 Å². The van der Waals surface area contributed by atoms with Gasteiger partial charge in [-0.2, -0.15) is 0 Å². The van der Waals surface area contributed by atoms with Crippen LogP contribution in [-0.2, 0) is 35.1 Å². The normalized spacial score (nSPS) is 19.7. The van der Waals surface area contributed by atoms with Crippen LogP contribution in [-0.4, -0.2) is 96.7 Å². The van der Waals surface area contributed by atoms with Gasteiger partial charge in [-0.25, -0.2) is 4.79 Å². The number of likely N-dealkylation sites (N-methyl/N-ethyl adjacent to an activating group) is 1. The molecule has 1 aliphatic heterocycles. The highest BCUT2D eigenvalue weighted by molar-refractivity contribution is 5.85. The molecule has 2 rings (SSSR count). The largest absolute Gasteiger partial charge is 0.480 e. The maximum Gasteiger partial charge on any atom is 0.326 e. The average molecular weight is 562 g/mol. The molecule has 1 aliphatic rings. The lowest BCUT2D eigenvalue weighted by molar-refractivity contribution is -0.146. The van der Waals surface area contributed by atoms with Crippen molar-refractivity contribution in [2.75, 3.05) is 27.8 Å². The fraction of sp³-hybridized carbons (Fsp3) is 0.667. The van der Waals surface area contributed by atoms with Gasteiger partial charge in [0, 0.05) is 41.2 Å². The van der Waals surface area contributed by atoms with Crippen LogP contribution in [0.1, 0.15) is 58.9 Å². The number of nitrogens with zero attached hydrogens (tertiary/aromatic N) is 2. The lowest BCUT2D eigenvalue weighted by atomic mass is 9.90. The molecule has 224 valence electrons. The Morgan fingerprint density at radius 3 is 2.30 bits per heavy atom. The summed E-state index contributed by atoms with van der Waals surface area (Å²) in [5, 5.41) is 12.4. The molecule has 1 aromatic carbocycles. The second-order valence-electron chi connectivity index (χ2n) is 10.9. The number of benzene rings is 1. The summed E-state index contributed by atoms with van der Waals surface area (Å²) >= 11 is 0. The summed E-state index contributed by atoms with van der Waals surface area (Å²) in [6, 6.07) is 7.43. The Balaban J connectivity index is 2.16. The van der Waals surface area contributed by atoms with E-state index in [2.05, 4.69) is 5.32 Å². The Kier molecular flexibility index (Phi) is 13.1. The van der Waals surface area contributed by atoms with E-state index in [1.54, 1.807) is 30.9 Å². The van der Waals surface area contributed by atoms with E-state index in [1.165, 1.54) is 14.0 Å². The first-order chi connectivity index (χ1) is 19.0. The van der Waals surface area contributed by atoms with Gasteiger partial charge in [-0.15, -0.1) is 0 Å². The minimum atomic E-state index is -1.12. The van der Waals surface area contributed by atoms with E-state index in [0.29, 0.717) is 13.0 Å². The Morgan fingerprint density at radius 1 is 1.12 bits per heavy atom. The molecule has 1 saturated heterocycles. The van der Waals surface area contributed by atoms with Crippen molar-refractivity contribution in [3.8, 4) is 0 Å². The molecule has 0 spiro atoms. The van der Waals surface area contributed by atoms with Crippen molar-refractivity contribution in [1.82, 2.24) is 15.1 Å². The van der Waals surface area contributed by atoms with Crippen LogP contribution in [0.25, 0.3) is 0 Å². The molecular weight excluding hydrogens is 514 g/mol. The monoisotopic (exact) mass is 561 g/mol. The number of carbonyl (C=O) groups is 4. The third kappa shape index (κ3) is 8.51. The fourth-order valence-electron chi connectivity index (χ4n) is 5.72. The average Bonchev–Trinajstić information content (AvgIpc) is 3.42. The van der Waals surface area contributed by atoms with Crippen molar-refractivity contribution < 1.29 is 33.8 Å². The highest BCUT2D eigenvalue weighted by Gasteiger charge is 2.42. The quantitative estimate of drug-likeness (QED) is 0.337. The molecule has 0 aliphatic carbocycles. The van der Waals surface area contributed by atoms with Crippen LogP contribution in [0.5, 0.6) is 0 Å². The fourth-order valence-corrected chi connectivity index (χ4v) is 5.72. The summed E-state index contributed by atoms with van der Waals surface area (Å²) in [5.41, 5.74) is 0.803. The first-order valence-corrected chi connectivity index (χ1v) is 14.1. The van der Waals surface area contributed by atoms with Gasteiger partial charge in [-0.3, -0.25) is 14.4 Å². The van der Waals surface area contributed by atoms with Crippen molar-refractivity contribution in [2.45, 2.75) is 90.1 Å². The maximum absolute atomic E-state index is 13.6. The topological polar surface area (TPSA) is 125 Å². The molecule has 1 heterocycles. The van der Waals surface area contributed by atoms with Gasteiger partial charge in [0.05, 0.1) is 36.6 Å². The molecule has 3 amide bonds. The number of hydrogen-bond acceptors (Lipinski definition) is 6. The van der Waals surface area contributed by atoms with E-state index >= 15 is 0 Å². The zero-order valence-electron chi connectivity index (χ0n) is 25.0. The molecule has 1 fully saturated rings. The molecule has 2 N–H and O–H groups in total. The number of hydrogen-bond donors (Lipinski definition) is 2. The van der Waals surface area contributed by atoms with Gasteiger partial charge in [0.2, 0.25) is 17.7 Å². The molecule has 0 bridgehead atoms. The highest BCUT2D eigenvalue weighted by Crippen LogP contribution is 2.29. The number of ether oxygens (including phenoxy) is 2. The Labute approximate surface area is 238 Å². The molecule has 7 atom stereocenters. The standard InChI is InChI=1S/C30H47N3O7/c1-8-19(2)27(32(5)21(4)34)25(39-6)18-26(35)33-16-12-15-24(33)28(40-7)20(3)29(36)31-23(30(37)38)17-22-13-10-9-11-14-22/h9-11,13-14,19-20,23-25,27-28H,8,12,15-18H2,1-7H3,(H,31,36)(H,37,38)/t19-,20+,23-,24-,25+,27-,28+/m0/s1. The van der Waals surface area contributed by atoms with Gasteiger partial charge in [-0.05, 0) is 24.3 Å². The van der Waals surface area contributed by atoms with Crippen molar-refractivity contribution in [1.29, 1.82) is 0 Å². The van der Waals surface area contributed by atoms with Gasteiger partial charge in [0.15, 0.2) is 0 Å². The van der Waals surface area contributed by atoms with Gasteiger partial charge in [0.25, 0.3) is 0 Å². The minimum absolute atomic E-state index is 0.0921. The summed E-state index contributed by atoms with van der Waals surface area (Å²) in [6.07, 6.45) is 1.38. The molecule has 0 radical (unpaired) electrons. The summed E-state index contributed by atoms with van der Waals surface area (Å²) in [4.78, 5) is 54.4. The summed E-state index contributed by atoms with van der Waals surface area (Å²) in [6.45, 7) is 7.82. The summed E-state index contributed by atoms with van der Waals surface area (Å²) in [7, 11) is 4.80. The number of rotatable bonds is 15. The van der Waals surface area contributed by atoms with Crippen LogP contribution < -0.4 is 5.32 Å². The minimum Gasteiger partial charge on any atom is -0.480 e. The first kappa shape index (κ1) is 33.2. The Hall–Kier alpha value is -2.98. The van der Waals surface area contributed by atoms with Crippen LogP contribution in [0.3, 0.4) is 0 Å². The van der Waals surface area contributed by atoms with Crippen molar-refractivity contribution in [3.63, 3.8) is 0 Å². The predicted octanol–water partition coefficient (Wildman–Crippen LogP) is 2.74. The van der Waals surface area contributed by atoms with Crippen molar-refractivity contribution in [2.24, 2.45) is 11.8 Å². The van der Waals surface area contributed by atoms with Crippen LogP contribution >= 0.6 is 0 Å². The number of aliphatic carboxylic acids is 1. The van der Waals surface area contributed by atoms with E-state index in [4.69, 9.17) is 9.47 Å². The number of carbonyl (C=O) groups excluding carboxylic acids is 3. The van der Waals surface area contributed by atoms with Crippen molar-refractivity contribution in [3.05, 3.63) is 35.9 Å². The van der Waals surface area contributed by atoms with Crippen LogP contribution in [0, 0.1) is 11.8 Å². The molecule has 1 aromatic rings. The molecule has 0 aromatic heterocycles. The SMILES string of the molecule is CC[C@H](C)[C@@H]([C@@H](CC(=O)N1CCC[C@H]1[C@H](OC)[C@@H](C)C(=O)N[C@@H](Cc1ccccc1)C(=O)O)OC)N(C)C(C)=O. The number of likely N-dealkylation sites (tertiary alicyclic amines) is 1. The van der Waals surface area contributed by atoms with Gasteiger partial charge >= 0.3 is 5.97 Å². The molecular formula is C30H47N3O7. The van der Waals surface area contributed by atoms with Crippen LogP contribution in [0.4, 0.5) is 0 Å². The smallest absolute Gasteiger partial charge is 0.326 e. The van der Waals surface area contributed by atoms with Crippen LogP contribution in [0.15, 0.2) is 30.3 Å². The van der Waals surface area contributed by atoms with E-state index in [-0.39, 0.29) is 42.7 Å². The van der Waals surface area contributed by atoms with Crippen molar-refractivity contribution >= 4 is 23.7 Å². The molecule has 0 saturated carbocycles. The third-order valence-electron chi connectivity index (χ3n) is 8.30. The molecule has 0 unspecified atom stereocenters. The number of methoxy groups -OCH3 is 2. The predicted molar refractivity (Wildman–Crippen MR) is 152 cm³/mol. The van der Waals surface area contributed by atoms with E-state index in [0.717, 1.165) is 18.4 Å². The number of nitrogens with one attached hydrogen (secondary N) is 1. The summed E-state index contributed by atoms with van der Waals surface area (Å²) < 4.78 is 11.5. The second kappa shape index (κ2) is 15.7. The van der Waals surface area contributed by atoms with E-state index < -0.39 is 36.0 Å². The van der Waals surface area contributed by atoms with Gasteiger partial charge in [0.1, 0.15) is 6.04 Å². The van der Waals surface area contributed by atoms with Gasteiger partial charge in [-0.1, -0.05) is 57.5 Å². The molecule has 10 nitrogen and oxygen atoms in total. The Bertz CT molecular complexity index is 989. The maximum atomic E-state index is 13.6. The summed E-state index contributed by atoms with van der Waals surface area (Å²) in [5.74, 6) is -2.35. The number of carboxylic acid groups (broad SMARTS) is 1.